The minimum Gasteiger partial charge on any atom is -0.457 e. The zero-order valence-electron chi connectivity index (χ0n) is 35.4. The lowest BCUT2D eigenvalue weighted by atomic mass is 9.99. The Labute approximate surface area is 345 Å². The van der Waals surface area contributed by atoms with Crippen LogP contribution in [0.2, 0.25) is 0 Å². The van der Waals surface area contributed by atoms with Crippen molar-refractivity contribution >= 4 is 16.4 Å². The van der Waals surface area contributed by atoms with Crippen LogP contribution in [0.25, 0.3) is 0 Å². The third kappa shape index (κ3) is 30.1. The lowest BCUT2D eigenvalue weighted by Crippen LogP contribution is -2.60. The molecule has 1 aliphatic heterocycles. The molecule has 0 radical (unpaired) electrons. The van der Waals surface area contributed by atoms with Crippen LogP contribution in [0.3, 0.4) is 0 Å². The number of carbonyl (C=O) groups is 1. The van der Waals surface area contributed by atoms with Crippen LogP contribution in [0.15, 0.2) is 36.5 Å². The number of esters is 1. The van der Waals surface area contributed by atoms with Crippen molar-refractivity contribution in [1.82, 2.24) is 0 Å². The number of allylic oxidation sites excluding steroid dienone is 6. The summed E-state index contributed by atoms with van der Waals surface area (Å²) in [4.78, 5) is 12.8. The molecule has 0 aromatic rings. The van der Waals surface area contributed by atoms with Gasteiger partial charge in [0.25, 0.3) is 0 Å². The molecule has 13 heteroatoms. The summed E-state index contributed by atoms with van der Waals surface area (Å²) in [5.74, 6) is -0.403. The van der Waals surface area contributed by atoms with Crippen molar-refractivity contribution < 1.29 is 56.2 Å². The Hall–Kier alpha value is -1.68. The van der Waals surface area contributed by atoms with Crippen LogP contribution in [0.5, 0.6) is 0 Å². The Morgan fingerprint density at radius 1 is 0.684 bits per heavy atom. The number of aliphatic hydroxyl groups excluding tert-OH is 3. The first kappa shape index (κ1) is 53.3. The van der Waals surface area contributed by atoms with E-state index in [-0.39, 0.29) is 19.6 Å². The first-order valence-corrected chi connectivity index (χ1v) is 23.6. The van der Waals surface area contributed by atoms with Crippen molar-refractivity contribution in [3.63, 3.8) is 0 Å². The maximum Gasteiger partial charge on any atom is 0.397 e. The van der Waals surface area contributed by atoms with E-state index >= 15 is 0 Å². The van der Waals surface area contributed by atoms with E-state index in [0.29, 0.717) is 13.0 Å². The molecule has 0 aromatic carbocycles. The number of aliphatic hydroxyl groups is 3. The van der Waals surface area contributed by atoms with Crippen molar-refractivity contribution in [2.24, 2.45) is 0 Å². The van der Waals surface area contributed by atoms with Crippen LogP contribution in [0.4, 0.5) is 0 Å². The first-order valence-electron chi connectivity index (χ1n) is 22.2. The Balaban J connectivity index is 2.42. The summed E-state index contributed by atoms with van der Waals surface area (Å²) in [6.45, 7) is 3.86. The fraction of sp³-hybridized carbons (Fsp3) is 0.841. The quantitative estimate of drug-likeness (QED) is 0.0201. The van der Waals surface area contributed by atoms with Crippen molar-refractivity contribution in [3.8, 4) is 0 Å². The van der Waals surface area contributed by atoms with Gasteiger partial charge in [-0.15, -0.1) is 0 Å². The van der Waals surface area contributed by atoms with Crippen molar-refractivity contribution in [3.05, 3.63) is 36.5 Å². The van der Waals surface area contributed by atoms with Gasteiger partial charge in [0.15, 0.2) is 6.29 Å². The largest absolute Gasteiger partial charge is 0.457 e. The molecule has 1 heterocycles. The van der Waals surface area contributed by atoms with Gasteiger partial charge in [-0.1, -0.05) is 159 Å². The van der Waals surface area contributed by atoms with E-state index in [1.165, 1.54) is 83.5 Å². The second-order valence-corrected chi connectivity index (χ2v) is 16.3. The molecule has 0 aliphatic carbocycles. The monoisotopic (exact) mass is 833 g/mol. The summed E-state index contributed by atoms with van der Waals surface area (Å²) in [7, 11) is -5.06. The second kappa shape index (κ2) is 36.2. The minimum absolute atomic E-state index is 0.0328. The predicted octanol–water partition coefficient (Wildman–Crippen LogP) is 9.02. The average molecular weight is 833 g/mol. The SMILES string of the molecule is CC/C=C\C/C=C\C/C=C\CCCCCCCCCCOCC(COC1OC(CO)C(O)C(OS(=O)(=O)O)C1O)OC(=O)CCCCCCCCCCCCCC. The van der Waals surface area contributed by atoms with Gasteiger partial charge < -0.3 is 34.3 Å². The molecule has 57 heavy (non-hydrogen) atoms. The molecule has 1 aliphatic rings. The van der Waals surface area contributed by atoms with Crippen LogP contribution >= 0.6 is 0 Å². The van der Waals surface area contributed by atoms with E-state index in [1.54, 1.807) is 0 Å². The van der Waals surface area contributed by atoms with Gasteiger partial charge in [-0.3, -0.25) is 9.35 Å². The maximum absolute atomic E-state index is 12.8. The van der Waals surface area contributed by atoms with Crippen molar-refractivity contribution in [1.29, 1.82) is 0 Å². The highest BCUT2D eigenvalue weighted by Crippen LogP contribution is 2.26. The third-order valence-corrected chi connectivity index (χ3v) is 10.5. The molecular weight excluding hydrogens is 753 g/mol. The minimum atomic E-state index is -5.06. The predicted molar refractivity (Wildman–Crippen MR) is 225 cm³/mol. The summed E-state index contributed by atoms with van der Waals surface area (Å²) < 4.78 is 59.0. The maximum atomic E-state index is 12.8. The van der Waals surface area contributed by atoms with Crippen LogP contribution in [0.1, 0.15) is 174 Å². The average Bonchev–Trinajstić information content (AvgIpc) is 3.18. The lowest BCUT2D eigenvalue weighted by molar-refractivity contribution is -0.301. The van der Waals surface area contributed by atoms with E-state index in [1.807, 2.05) is 0 Å². The van der Waals surface area contributed by atoms with Gasteiger partial charge in [-0.2, -0.15) is 8.42 Å². The molecule has 6 unspecified atom stereocenters. The Morgan fingerprint density at radius 2 is 1.21 bits per heavy atom. The van der Waals surface area contributed by atoms with Crippen LogP contribution in [-0.2, 0) is 38.3 Å². The second-order valence-electron chi connectivity index (χ2n) is 15.3. The Bertz CT molecular complexity index is 1140. The number of rotatable bonds is 38. The summed E-state index contributed by atoms with van der Waals surface area (Å²) >= 11 is 0. The molecule has 0 amide bonds. The Morgan fingerprint density at radius 3 is 1.77 bits per heavy atom. The smallest absolute Gasteiger partial charge is 0.397 e. The molecule has 0 aromatic heterocycles. The van der Waals surface area contributed by atoms with Gasteiger partial charge >= 0.3 is 16.4 Å². The number of hydrogen-bond acceptors (Lipinski definition) is 11. The van der Waals surface area contributed by atoms with E-state index in [4.69, 9.17) is 23.5 Å². The van der Waals surface area contributed by atoms with Crippen LogP contribution in [-0.4, -0.2) is 97.5 Å². The summed E-state index contributed by atoms with van der Waals surface area (Å²) in [6, 6.07) is 0. The highest BCUT2D eigenvalue weighted by molar-refractivity contribution is 7.80. The van der Waals surface area contributed by atoms with Crippen LogP contribution < -0.4 is 0 Å². The summed E-state index contributed by atoms with van der Waals surface area (Å²) in [5, 5.41) is 30.6. The molecule has 1 saturated heterocycles. The fourth-order valence-electron chi connectivity index (χ4n) is 6.69. The number of hydrogen-bond donors (Lipinski definition) is 4. The Kier molecular flexibility index (Phi) is 33.9. The molecule has 1 rings (SSSR count). The van der Waals surface area contributed by atoms with Gasteiger partial charge in [0.1, 0.15) is 30.5 Å². The molecule has 0 bridgehead atoms. The van der Waals surface area contributed by atoms with Gasteiger partial charge in [-0.05, 0) is 44.9 Å². The summed E-state index contributed by atoms with van der Waals surface area (Å²) in [5.41, 5.74) is 0. The van der Waals surface area contributed by atoms with Gasteiger partial charge in [0, 0.05) is 13.0 Å². The molecule has 334 valence electrons. The summed E-state index contributed by atoms with van der Waals surface area (Å²) in [6.07, 6.45) is 31.8. The normalized spacial score (nSPS) is 21.0. The molecule has 1 fully saturated rings. The van der Waals surface area contributed by atoms with Crippen LogP contribution in [0, 0.1) is 0 Å². The molecular formula is C44H80O12S. The molecule has 4 N–H and O–H groups in total. The molecule has 12 nitrogen and oxygen atoms in total. The van der Waals surface area contributed by atoms with E-state index in [9.17, 15) is 28.5 Å². The molecule has 0 saturated carbocycles. The number of ether oxygens (including phenoxy) is 4. The highest BCUT2D eigenvalue weighted by Gasteiger charge is 2.48. The van der Waals surface area contributed by atoms with Crippen molar-refractivity contribution in [2.45, 2.75) is 211 Å². The fourth-order valence-corrected chi connectivity index (χ4v) is 7.20. The lowest BCUT2D eigenvalue weighted by Gasteiger charge is -2.41. The standard InChI is InChI=1S/C44H80O12S/c1-3-5-7-9-11-13-15-17-18-19-20-21-22-24-26-28-30-32-34-52-36-38(54-40(46)33-31-29-27-25-23-16-14-12-10-8-6-4-2)37-53-44-42(48)43(56-57(49,50)51)41(47)39(35-45)55-44/h5,7,11,13,17-18,38-39,41-45,47-48H,3-4,6,8-10,12,14-16,19-37H2,1-2H3,(H,49,50,51)/b7-5-,13-11-,18-17-. The zero-order valence-corrected chi connectivity index (χ0v) is 36.2. The number of carbonyl (C=O) groups excluding carboxylic acids is 1. The van der Waals surface area contributed by atoms with Gasteiger partial charge in [-0.25, -0.2) is 4.18 Å². The van der Waals surface area contributed by atoms with Gasteiger partial charge in [0.05, 0.1) is 19.8 Å². The molecule has 0 spiro atoms. The molecule has 6 atom stereocenters. The zero-order chi connectivity index (χ0) is 41.8. The third-order valence-electron chi connectivity index (χ3n) is 10.0. The first-order chi connectivity index (χ1) is 27.6. The van der Waals surface area contributed by atoms with E-state index in [0.717, 1.165) is 64.2 Å². The van der Waals surface area contributed by atoms with E-state index < -0.39 is 59.8 Å². The highest BCUT2D eigenvalue weighted by atomic mass is 32.3. The van der Waals surface area contributed by atoms with Gasteiger partial charge in [0.2, 0.25) is 0 Å². The van der Waals surface area contributed by atoms with Crippen molar-refractivity contribution in [2.75, 3.05) is 26.4 Å². The topological polar surface area (TPSA) is 178 Å². The van der Waals surface area contributed by atoms with E-state index in [2.05, 4.69) is 54.5 Å². The number of unbranched alkanes of at least 4 members (excludes halogenated alkanes) is 19.